The van der Waals surface area contributed by atoms with Crippen LogP contribution in [0.2, 0.25) is 0 Å². The zero-order valence-corrected chi connectivity index (χ0v) is 12.6. The van der Waals surface area contributed by atoms with Gasteiger partial charge in [-0.3, -0.25) is 4.79 Å². The molecule has 0 heterocycles. The van der Waals surface area contributed by atoms with Gasteiger partial charge in [-0.25, -0.2) is 0 Å². The van der Waals surface area contributed by atoms with E-state index in [2.05, 4.69) is 26.1 Å². The van der Waals surface area contributed by atoms with E-state index in [1.807, 2.05) is 6.07 Å². The van der Waals surface area contributed by atoms with Crippen LogP contribution in [-0.4, -0.2) is 33.6 Å². The molecule has 0 saturated carbocycles. The van der Waals surface area contributed by atoms with Crippen molar-refractivity contribution in [1.29, 1.82) is 0 Å². The molecule has 0 spiro atoms. The molecular weight excluding hydrogens is 242 g/mol. The third-order valence-electron chi connectivity index (χ3n) is 2.97. The standard InChI is InChI=1S/C15H23NO3/c1-15(2,3)11-8-13(18-5)10(7-14(11)19-6)12(17)9-16-4/h7-8,16H,9H2,1-6H3. The quantitative estimate of drug-likeness (QED) is 0.831. The number of Topliss-reactive ketones (excluding diaryl/α,β-unsaturated/α-hetero) is 1. The Morgan fingerprint density at radius 1 is 1.16 bits per heavy atom. The number of ketones is 1. The maximum Gasteiger partial charge on any atom is 0.180 e. The van der Waals surface area contributed by atoms with Crippen molar-refractivity contribution in [3.05, 3.63) is 23.3 Å². The second kappa shape index (κ2) is 6.06. The van der Waals surface area contributed by atoms with Crippen molar-refractivity contribution in [3.63, 3.8) is 0 Å². The topological polar surface area (TPSA) is 47.6 Å². The highest BCUT2D eigenvalue weighted by atomic mass is 16.5. The fraction of sp³-hybridized carbons (Fsp3) is 0.533. The number of rotatable bonds is 5. The Balaban J connectivity index is 3.39. The minimum absolute atomic E-state index is 0.0156. The average molecular weight is 265 g/mol. The summed E-state index contributed by atoms with van der Waals surface area (Å²) in [6, 6.07) is 3.65. The van der Waals surface area contributed by atoms with Gasteiger partial charge in [-0.05, 0) is 24.6 Å². The molecule has 0 radical (unpaired) electrons. The van der Waals surface area contributed by atoms with Gasteiger partial charge in [0.1, 0.15) is 11.5 Å². The molecule has 19 heavy (non-hydrogen) atoms. The predicted octanol–water partition coefficient (Wildman–Crippen LogP) is 2.40. The highest BCUT2D eigenvalue weighted by molar-refractivity contribution is 6.00. The van der Waals surface area contributed by atoms with E-state index in [0.717, 1.165) is 5.56 Å². The van der Waals surface area contributed by atoms with Gasteiger partial charge in [-0.2, -0.15) is 0 Å². The van der Waals surface area contributed by atoms with Gasteiger partial charge in [0.15, 0.2) is 5.78 Å². The molecule has 0 bridgehead atoms. The van der Waals surface area contributed by atoms with Crippen LogP contribution in [0.1, 0.15) is 36.7 Å². The monoisotopic (exact) mass is 265 g/mol. The minimum atomic E-state index is -0.0802. The number of likely N-dealkylation sites (N-methyl/N-ethyl adjacent to an activating group) is 1. The lowest BCUT2D eigenvalue weighted by atomic mass is 9.85. The molecule has 1 aromatic rings. The van der Waals surface area contributed by atoms with Crippen molar-refractivity contribution in [2.75, 3.05) is 27.8 Å². The fourth-order valence-corrected chi connectivity index (χ4v) is 1.96. The lowest BCUT2D eigenvalue weighted by Crippen LogP contribution is -2.20. The van der Waals surface area contributed by atoms with E-state index in [1.165, 1.54) is 0 Å². The molecule has 1 rings (SSSR count). The van der Waals surface area contributed by atoms with Crippen LogP contribution in [0, 0.1) is 0 Å². The van der Waals surface area contributed by atoms with Gasteiger partial charge in [0.2, 0.25) is 0 Å². The number of carbonyl (C=O) groups excluding carboxylic acids is 1. The molecule has 0 saturated heterocycles. The number of ether oxygens (including phenoxy) is 2. The van der Waals surface area contributed by atoms with Gasteiger partial charge in [0.05, 0.1) is 26.3 Å². The van der Waals surface area contributed by atoms with Crippen LogP contribution in [0.4, 0.5) is 0 Å². The van der Waals surface area contributed by atoms with Crippen molar-refractivity contribution in [2.45, 2.75) is 26.2 Å². The molecule has 4 nitrogen and oxygen atoms in total. The Labute approximate surface area is 115 Å². The first-order valence-corrected chi connectivity index (χ1v) is 6.29. The molecule has 106 valence electrons. The molecule has 0 aliphatic carbocycles. The van der Waals surface area contributed by atoms with Crippen molar-refractivity contribution in [3.8, 4) is 11.5 Å². The van der Waals surface area contributed by atoms with Gasteiger partial charge in [-0.1, -0.05) is 20.8 Å². The summed E-state index contributed by atoms with van der Waals surface area (Å²) in [4.78, 5) is 12.1. The van der Waals surface area contributed by atoms with Gasteiger partial charge in [0, 0.05) is 5.56 Å². The summed E-state index contributed by atoms with van der Waals surface area (Å²) in [6.45, 7) is 6.56. The number of carbonyl (C=O) groups is 1. The lowest BCUT2D eigenvalue weighted by molar-refractivity contribution is 0.0990. The maximum atomic E-state index is 12.1. The Bertz CT molecular complexity index is 461. The Kier molecular flexibility index (Phi) is 4.95. The largest absolute Gasteiger partial charge is 0.496 e. The first-order valence-electron chi connectivity index (χ1n) is 6.29. The van der Waals surface area contributed by atoms with Gasteiger partial charge in [-0.15, -0.1) is 0 Å². The summed E-state index contributed by atoms with van der Waals surface area (Å²) in [5.41, 5.74) is 1.48. The molecule has 0 fully saturated rings. The van der Waals surface area contributed by atoms with E-state index < -0.39 is 0 Å². The van der Waals surface area contributed by atoms with Crippen LogP contribution in [0.25, 0.3) is 0 Å². The van der Waals surface area contributed by atoms with Crippen LogP contribution < -0.4 is 14.8 Å². The molecule has 0 amide bonds. The average Bonchev–Trinajstić information content (AvgIpc) is 2.36. The smallest absolute Gasteiger partial charge is 0.180 e. The molecule has 0 aromatic heterocycles. The van der Waals surface area contributed by atoms with E-state index in [9.17, 15) is 4.79 Å². The Hall–Kier alpha value is -1.55. The Morgan fingerprint density at radius 2 is 1.74 bits per heavy atom. The minimum Gasteiger partial charge on any atom is -0.496 e. The van der Waals surface area contributed by atoms with Crippen LogP contribution >= 0.6 is 0 Å². The summed E-state index contributed by atoms with van der Waals surface area (Å²) in [6.07, 6.45) is 0. The zero-order valence-electron chi connectivity index (χ0n) is 12.6. The summed E-state index contributed by atoms with van der Waals surface area (Å²) >= 11 is 0. The van der Waals surface area contributed by atoms with Crippen molar-refractivity contribution in [1.82, 2.24) is 5.32 Å². The SMILES string of the molecule is CNCC(=O)c1cc(OC)c(C(C)(C)C)cc1OC. The van der Waals surface area contributed by atoms with E-state index in [-0.39, 0.29) is 17.7 Å². The van der Waals surface area contributed by atoms with Crippen LogP contribution in [0.15, 0.2) is 12.1 Å². The third kappa shape index (κ3) is 3.47. The summed E-state index contributed by atoms with van der Waals surface area (Å²) in [5, 5.41) is 2.85. The molecule has 0 aliphatic rings. The number of methoxy groups -OCH3 is 2. The molecule has 0 unspecified atom stereocenters. The zero-order chi connectivity index (χ0) is 14.6. The Morgan fingerprint density at radius 3 is 2.16 bits per heavy atom. The van der Waals surface area contributed by atoms with Gasteiger partial charge >= 0.3 is 0 Å². The molecular formula is C15H23NO3. The van der Waals surface area contributed by atoms with Gasteiger partial charge in [0.25, 0.3) is 0 Å². The second-order valence-corrected chi connectivity index (χ2v) is 5.46. The third-order valence-corrected chi connectivity index (χ3v) is 2.97. The van der Waals surface area contributed by atoms with E-state index in [1.54, 1.807) is 27.3 Å². The molecule has 0 aliphatic heterocycles. The second-order valence-electron chi connectivity index (χ2n) is 5.46. The van der Waals surface area contributed by atoms with Crippen LogP contribution in [0.5, 0.6) is 11.5 Å². The molecule has 1 aromatic carbocycles. The maximum absolute atomic E-state index is 12.1. The number of benzene rings is 1. The number of nitrogens with one attached hydrogen (secondary N) is 1. The summed E-state index contributed by atoms with van der Waals surface area (Å²) in [7, 11) is 4.93. The van der Waals surface area contributed by atoms with Crippen molar-refractivity contribution in [2.24, 2.45) is 0 Å². The highest BCUT2D eigenvalue weighted by Crippen LogP contribution is 2.36. The van der Waals surface area contributed by atoms with Gasteiger partial charge < -0.3 is 14.8 Å². The number of hydrogen-bond acceptors (Lipinski definition) is 4. The molecule has 4 heteroatoms. The van der Waals surface area contributed by atoms with E-state index in [4.69, 9.17) is 9.47 Å². The molecule has 0 atom stereocenters. The fourth-order valence-electron chi connectivity index (χ4n) is 1.96. The highest BCUT2D eigenvalue weighted by Gasteiger charge is 2.23. The predicted molar refractivity (Wildman–Crippen MR) is 76.5 cm³/mol. The lowest BCUT2D eigenvalue weighted by Gasteiger charge is -2.24. The van der Waals surface area contributed by atoms with E-state index in [0.29, 0.717) is 17.1 Å². The summed E-state index contributed by atoms with van der Waals surface area (Å²) < 4.78 is 10.8. The number of hydrogen-bond donors (Lipinski definition) is 1. The summed E-state index contributed by atoms with van der Waals surface area (Å²) in [5.74, 6) is 1.29. The molecule has 1 N–H and O–H groups in total. The van der Waals surface area contributed by atoms with Crippen molar-refractivity contribution >= 4 is 5.78 Å². The normalized spacial score (nSPS) is 11.3. The van der Waals surface area contributed by atoms with E-state index >= 15 is 0 Å². The van der Waals surface area contributed by atoms with Crippen LogP contribution in [-0.2, 0) is 5.41 Å². The first-order chi connectivity index (χ1) is 8.85. The first kappa shape index (κ1) is 15.5. The van der Waals surface area contributed by atoms with Crippen molar-refractivity contribution < 1.29 is 14.3 Å². The van der Waals surface area contributed by atoms with Crippen LogP contribution in [0.3, 0.4) is 0 Å².